The SMILES string of the molecule is Cc1noc(-c2ccc(C[C@@H]3CC[C@H](CN(C)CCN(C)C)O3)nc2)n1. The fourth-order valence-corrected chi connectivity index (χ4v) is 3.19. The van der Waals surface area contributed by atoms with Crippen LogP contribution in [0.3, 0.4) is 0 Å². The summed E-state index contributed by atoms with van der Waals surface area (Å²) in [5.41, 5.74) is 1.89. The Morgan fingerprint density at radius 2 is 1.92 bits per heavy atom. The Balaban J connectivity index is 1.46. The lowest BCUT2D eigenvalue weighted by atomic mass is 10.1. The van der Waals surface area contributed by atoms with E-state index in [0.29, 0.717) is 17.8 Å². The average molecular weight is 359 g/mol. The number of rotatable bonds is 8. The third-order valence-electron chi connectivity index (χ3n) is 4.68. The summed E-state index contributed by atoms with van der Waals surface area (Å²) in [4.78, 5) is 13.3. The van der Waals surface area contributed by atoms with Gasteiger partial charge in [0.1, 0.15) is 0 Å². The van der Waals surface area contributed by atoms with Gasteiger partial charge in [-0.05, 0) is 53.0 Å². The maximum absolute atomic E-state index is 6.22. The van der Waals surface area contributed by atoms with Gasteiger partial charge in [-0.2, -0.15) is 4.98 Å². The standard InChI is InChI=1S/C19H29N5O2/c1-14-21-19(26-22-14)15-5-6-16(20-12-15)11-17-7-8-18(25-17)13-24(4)10-9-23(2)3/h5-6,12,17-18H,7-11,13H2,1-4H3/t17-,18+/m0/s1. The predicted molar refractivity (Wildman–Crippen MR) is 99.9 cm³/mol. The maximum Gasteiger partial charge on any atom is 0.259 e. The smallest absolute Gasteiger partial charge is 0.259 e. The molecule has 7 nitrogen and oxygen atoms in total. The van der Waals surface area contributed by atoms with E-state index in [-0.39, 0.29) is 6.10 Å². The molecule has 0 aliphatic carbocycles. The summed E-state index contributed by atoms with van der Waals surface area (Å²) in [5, 5.41) is 3.81. The Morgan fingerprint density at radius 1 is 1.12 bits per heavy atom. The highest BCUT2D eigenvalue weighted by Crippen LogP contribution is 2.24. The Bertz CT molecular complexity index is 685. The highest BCUT2D eigenvalue weighted by atomic mass is 16.5. The van der Waals surface area contributed by atoms with E-state index >= 15 is 0 Å². The monoisotopic (exact) mass is 359 g/mol. The van der Waals surface area contributed by atoms with Gasteiger partial charge in [0.05, 0.1) is 17.8 Å². The van der Waals surface area contributed by atoms with Crippen molar-refractivity contribution in [1.29, 1.82) is 0 Å². The van der Waals surface area contributed by atoms with E-state index < -0.39 is 0 Å². The summed E-state index contributed by atoms with van der Waals surface area (Å²) < 4.78 is 11.4. The molecule has 2 aromatic rings. The van der Waals surface area contributed by atoms with Gasteiger partial charge in [-0.25, -0.2) is 0 Å². The quantitative estimate of drug-likeness (QED) is 0.714. The molecule has 0 unspecified atom stereocenters. The average Bonchev–Trinajstić information content (AvgIpc) is 3.23. The summed E-state index contributed by atoms with van der Waals surface area (Å²) in [5.74, 6) is 1.14. The summed E-state index contributed by atoms with van der Waals surface area (Å²) in [7, 11) is 6.38. The lowest BCUT2D eigenvalue weighted by Gasteiger charge is -2.23. The van der Waals surface area contributed by atoms with Crippen LogP contribution < -0.4 is 0 Å². The van der Waals surface area contributed by atoms with Crippen molar-refractivity contribution < 1.29 is 9.26 Å². The van der Waals surface area contributed by atoms with E-state index in [1.54, 1.807) is 13.1 Å². The van der Waals surface area contributed by atoms with Crippen LogP contribution in [0.4, 0.5) is 0 Å². The van der Waals surface area contributed by atoms with Crippen LogP contribution in [0.25, 0.3) is 11.5 Å². The van der Waals surface area contributed by atoms with E-state index in [2.05, 4.69) is 46.1 Å². The Hall–Kier alpha value is -1.83. The Kier molecular flexibility index (Phi) is 6.34. The van der Waals surface area contributed by atoms with Crippen molar-refractivity contribution in [2.24, 2.45) is 0 Å². The van der Waals surface area contributed by atoms with Gasteiger partial charge in [0.2, 0.25) is 0 Å². The van der Waals surface area contributed by atoms with E-state index in [1.165, 1.54) is 0 Å². The highest BCUT2D eigenvalue weighted by Gasteiger charge is 2.26. The minimum absolute atomic E-state index is 0.256. The number of nitrogens with zero attached hydrogens (tertiary/aromatic N) is 5. The lowest BCUT2D eigenvalue weighted by molar-refractivity contribution is 0.0267. The molecule has 1 fully saturated rings. The zero-order valence-corrected chi connectivity index (χ0v) is 16.2. The van der Waals surface area contributed by atoms with Gasteiger partial charge >= 0.3 is 0 Å². The van der Waals surface area contributed by atoms with Crippen LogP contribution in [-0.4, -0.2) is 77.9 Å². The molecule has 0 radical (unpaired) electrons. The van der Waals surface area contributed by atoms with Crippen molar-refractivity contribution in [1.82, 2.24) is 24.9 Å². The van der Waals surface area contributed by atoms with Crippen molar-refractivity contribution in [3.8, 4) is 11.5 Å². The molecule has 2 atom stereocenters. The van der Waals surface area contributed by atoms with Crippen LogP contribution in [0.5, 0.6) is 0 Å². The maximum atomic E-state index is 6.22. The summed E-state index contributed by atoms with van der Waals surface area (Å²) >= 11 is 0. The topological polar surface area (TPSA) is 67.5 Å². The number of aryl methyl sites for hydroxylation is 1. The van der Waals surface area contributed by atoms with Crippen LogP contribution in [-0.2, 0) is 11.2 Å². The van der Waals surface area contributed by atoms with Crippen LogP contribution in [0.1, 0.15) is 24.4 Å². The zero-order chi connectivity index (χ0) is 18.5. The van der Waals surface area contributed by atoms with E-state index in [0.717, 1.165) is 50.2 Å². The molecule has 2 aromatic heterocycles. The summed E-state index contributed by atoms with van der Waals surface area (Å²) in [6.07, 6.45) is 5.44. The molecule has 1 aliphatic heterocycles. The molecule has 3 heterocycles. The number of hydrogen-bond acceptors (Lipinski definition) is 7. The number of ether oxygens (including phenoxy) is 1. The second-order valence-electron chi connectivity index (χ2n) is 7.41. The molecule has 0 spiro atoms. The van der Waals surface area contributed by atoms with Crippen molar-refractivity contribution in [2.45, 2.75) is 38.4 Å². The van der Waals surface area contributed by atoms with E-state index in [4.69, 9.17) is 9.26 Å². The van der Waals surface area contributed by atoms with Crippen molar-refractivity contribution in [3.63, 3.8) is 0 Å². The van der Waals surface area contributed by atoms with E-state index in [9.17, 15) is 0 Å². The molecule has 1 saturated heterocycles. The second kappa shape index (κ2) is 8.70. The lowest BCUT2D eigenvalue weighted by Crippen LogP contribution is -2.34. The number of aromatic nitrogens is 3. The molecule has 26 heavy (non-hydrogen) atoms. The largest absolute Gasteiger partial charge is 0.373 e. The molecular weight excluding hydrogens is 330 g/mol. The molecule has 0 aromatic carbocycles. The van der Waals surface area contributed by atoms with Crippen molar-refractivity contribution >= 4 is 0 Å². The van der Waals surface area contributed by atoms with Gasteiger partial charge in [0, 0.05) is 37.9 Å². The molecular formula is C19H29N5O2. The van der Waals surface area contributed by atoms with Crippen molar-refractivity contribution in [2.75, 3.05) is 40.8 Å². The predicted octanol–water partition coefficient (Wildman–Crippen LogP) is 2.02. The Labute approximate surface area is 155 Å². The fraction of sp³-hybridized carbons (Fsp3) is 0.632. The van der Waals surface area contributed by atoms with Crippen LogP contribution in [0, 0.1) is 6.92 Å². The Morgan fingerprint density at radius 3 is 2.58 bits per heavy atom. The third kappa shape index (κ3) is 5.33. The summed E-state index contributed by atoms with van der Waals surface area (Å²) in [6.45, 7) is 4.94. The fourth-order valence-electron chi connectivity index (χ4n) is 3.19. The van der Waals surface area contributed by atoms with Gasteiger partial charge in [0.15, 0.2) is 5.82 Å². The molecule has 0 amide bonds. The minimum Gasteiger partial charge on any atom is -0.373 e. The third-order valence-corrected chi connectivity index (χ3v) is 4.68. The first-order valence-electron chi connectivity index (χ1n) is 9.24. The van der Waals surface area contributed by atoms with Gasteiger partial charge in [-0.3, -0.25) is 4.98 Å². The van der Waals surface area contributed by atoms with Gasteiger partial charge < -0.3 is 19.1 Å². The molecule has 1 aliphatic rings. The minimum atomic E-state index is 0.256. The van der Waals surface area contributed by atoms with Crippen LogP contribution >= 0.6 is 0 Å². The van der Waals surface area contributed by atoms with Gasteiger partial charge in [-0.1, -0.05) is 5.16 Å². The second-order valence-corrected chi connectivity index (χ2v) is 7.41. The van der Waals surface area contributed by atoms with Gasteiger partial charge in [0.25, 0.3) is 5.89 Å². The number of hydrogen-bond donors (Lipinski definition) is 0. The molecule has 0 bridgehead atoms. The molecule has 142 valence electrons. The first kappa shape index (κ1) is 18.9. The van der Waals surface area contributed by atoms with E-state index in [1.807, 2.05) is 12.1 Å². The molecule has 3 rings (SSSR count). The number of pyridine rings is 1. The first-order chi connectivity index (χ1) is 12.5. The van der Waals surface area contributed by atoms with Crippen LogP contribution in [0.15, 0.2) is 22.9 Å². The van der Waals surface area contributed by atoms with Crippen LogP contribution in [0.2, 0.25) is 0 Å². The molecule has 7 heteroatoms. The zero-order valence-electron chi connectivity index (χ0n) is 16.2. The normalized spacial score (nSPS) is 20.4. The molecule has 0 N–H and O–H groups in total. The summed E-state index contributed by atoms with van der Waals surface area (Å²) in [6, 6.07) is 4.01. The van der Waals surface area contributed by atoms with Crippen molar-refractivity contribution in [3.05, 3.63) is 29.8 Å². The highest BCUT2D eigenvalue weighted by molar-refractivity contribution is 5.50. The molecule has 0 saturated carbocycles. The first-order valence-corrected chi connectivity index (χ1v) is 9.24. The van der Waals surface area contributed by atoms with Gasteiger partial charge in [-0.15, -0.1) is 0 Å². The number of likely N-dealkylation sites (N-methyl/N-ethyl adjacent to an activating group) is 2.